The van der Waals surface area contributed by atoms with Crippen LogP contribution in [0.15, 0.2) is 48.7 Å². The minimum Gasteiger partial charge on any atom is -0.488 e. The van der Waals surface area contributed by atoms with Crippen molar-refractivity contribution in [2.45, 2.75) is 45.6 Å². The molecule has 0 amide bonds. The van der Waals surface area contributed by atoms with Crippen molar-refractivity contribution >= 4 is 22.1 Å². The van der Waals surface area contributed by atoms with Gasteiger partial charge < -0.3 is 36.1 Å². The van der Waals surface area contributed by atoms with Crippen LogP contribution in [0.3, 0.4) is 0 Å². The first kappa shape index (κ1) is 27.4. The molecule has 1 saturated heterocycles. The molecule has 41 heavy (non-hydrogen) atoms. The maximum atomic E-state index is 12.4. The lowest BCUT2D eigenvalue weighted by Gasteiger charge is -2.23. The van der Waals surface area contributed by atoms with E-state index < -0.39 is 6.61 Å². The summed E-state index contributed by atoms with van der Waals surface area (Å²) in [5.74, 6) is 1.80. The predicted octanol–water partition coefficient (Wildman–Crippen LogP) is 5.67. The number of nitrogens with zero attached hydrogens (tertiary/aromatic N) is 1. The molecule has 0 radical (unpaired) electrons. The number of halogens is 2. The largest absolute Gasteiger partial charge is 0.488 e. The Morgan fingerprint density at radius 1 is 1.17 bits per heavy atom. The first-order chi connectivity index (χ1) is 19.9. The summed E-state index contributed by atoms with van der Waals surface area (Å²) in [6.07, 6.45) is 2.64. The highest BCUT2D eigenvalue weighted by Crippen LogP contribution is 2.43. The SMILES string of the molecule is CCNC(C)c1ncc(-c2ccc3c(c2)COc2cc4c(NCC5CC(COC(F)F)CN5)c(N)ccc4cc2-3)[nH]1. The van der Waals surface area contributed by atoms with Crippen molar-refractivity contribution < 1.29 is 18.3 Å². The fraction of sp³-hybridized carbons (Fsp3) is 0.387. The molecule has 2 aliphatic rings. The summed E-state index contributed by atoms with van der Waals surface area (Å²) in [4.78, 5) is 8.01. The van der Waals surface area contributed by atoms with Crippen LogP contribution >= 0.6 is 0 Å². The van der Waals surface area contributed by atoms with Gasteiger partial charge in [-0.25, -0.2) is 4.98 Å². The summed E-state index contributed by atoms with van der Waals surface area (Å²) >= 11 is 0. The van der Waals surface area contributed by atoms with E-state index in [0.29, 0.717) is 25.4 Å². The molecule has 3 heterocycles. The molecule has 8 nitrogen and oxygen atoms in total. The Morgan fingerprint density at radius 2 is 2.05 bits per heavy atom. The van der Waals surface area contributed by atoms with Crippen molar-refractivity contribution in [3.8, 4) is 28.1 Å². The van der Waals surface area contributed by atoms with Crippen LogP contribution in [-0.4, -0.2) is 48.9 Å². The summed E-state index contributed by atoms with van der Waals surface area (Å²) in [6, 6.07) is 14.9. The van der Waals surface area contributed by atoms with Crippen molar-refractivity contribution in [2.75, 3.05) is 37.3 Å². The third kappa shape index (κ3) is 5.72. The molecule has 4 aromatic rings. The van der Waals surface area contributed by atoms with Gasteiger partial charge in [-0.15, -0.1) is 0 Å². The number of H-pyrrole nitrogens is 1. The van der Waals surface area contributed by atoms with E-state index in [4.69, 9.17) is 10.5 Å². The molecule has 3 unspecified atom stereocenters. The third-order valence-corrected chi connectivity index (χ3v) is 8.05. The van der Waals surface area contributed by atoms with E-state index in [1.807, 2.05) is 18.3 Å². The number of anilines is 2. The summed E-state index contributed by atoms with van der Waals surface area (Å²) < 4.78 is 35.6. The Bertz CT molecular complexity index is 1540. The molecule has 6 N–H and O–H groups in total. The minimum atomic E-state index is -2.73. The van der Waals surface area contributed by atoms with Gasteiger partial charge in [0.1, 0.15) is 18.2 Å². The van der Waals surface area contributed by atoms with Gasteiger partial charge in [0.05, 0.1) is 35.9 Å². The van der Waals surface area contributed by atoms with Gasteiger partial charge >= 0.3 is 6.61 Å². The number of hydrogen-bond donors (Lipinski definition) is 5. The van der Waals surface area contributed by atoms with Crippen LogP contribution < -0.4 is 26.4 Å². The Kier molecular flexibility index (Phi) is 7.79. The van der Waals surface area contributed by atoms with Gasteiger partial charge in [-0.05, 0) is 72.1 Å². The molecule has 1 fully saturated rings. The van der Waals surface area contributed by atoms with Crippen molar-refractivity contribution in [1.29, 1.82) is 0 Å². The Balaban J connectivity index is 1.22. The van der Waals surface area contributed by atoms with Crippen molar-refractivity contribution in [1.82, 2.24) is 20.6 Å². The molecule has 0 spiro atoms. The van der Waals surface area contributed by atoms with Crippen LogP contribution in [0.25, 0.3) is 33.2 Å². The lowest BCUT2D eigenvalue weighted by atomic mass is 9.92. The van der Waals surface area contributed by atoms with E-state index in [-0.39, 0.29) is 24.6 Å². The predicted molar refractivity (Wildman–Crippen MR) is 158 cm³/mol. The highest BCUT2D eigenvalue weighted by atomic mass is 19.3. The molecule has 1 aromatic heterocycles. The quantitative estimate of drug-likeness (QED) is 0.159. The number of aromatic nitrogens is 2. The molecule has 6 rings (SSSR count). The van der Waals surface area contributed by atoms with Crippen LogP contribution in [-0.2, 0) is 11.3 Å². The molecule has 0 saturated carbocycles. The van der Waals surface area contributed by atoms with Gasteiger partial charge in [0.25, 0.3) is 0 Å². The Morgan fingerprint density at radius 3 is 2.88 bits per heavy atom. The number of fused-ring (bicyclic) bond motifs is 4. The van der Waals surface area contributed by atoms with Gasteiger partial charge in [0.2, 0.25) is 0 Å². The molecule has 3 aromatic carbocycles. The Hall–Kier alpha value is -3.73. The van der Waals surface area contributed by atoms with Crippen molar-refractivity contribution in [3.05, 3.63) is 60.0 Å². The number of alkyl halides is 2. The summed E-state index contributed by atoms with van der Waals surface area (Å²) in [5.41, 5.74) is 13.3. The van der Waals surface area contributed by atoms with Gasteiger partial charge in [-0.3, -0.25) is 0 Å². The molecular weight excluding hydrogens is 526 g/mol. The normalized spacial score (nSPS) is 18.8. The van der Waals surface area contributed by atoms with E-state index in [9.17, 15) is 8.78 Å². The molecule has 0 bridgehead atoms. The van der Waals surface area contributed by atoms with Crippen LogP contribution in [0.5, 0.6) is 5.75 Å². The van der Waals surface area contributed by atoms with Gasteiger partial charge in [0, 0.05) is 30.1 Å². The number of benzene rings is 3. The summed E-state index contributed by atoms with van der Waals surface area (Å²) in [6.45, 7) is 4.14. The zero-order valence-corrected chi connectivity index (χ0v) is 23.3. The fourth-order valence-electron chi connectivity index (χ4n) is 5.92. The van der Waals surface area contributed by atoms with Gasteiger partial charge in [0.15, 0.2) is 0 Å². The average Bonchev–Trinajstić information content (AvgIpc) is 3.65. The van der Waals surface area contributed by atoms with E-state index in [1.54, 1.807) is 0 Å². The minimum absolute atomic E-state index is 0.0581. The average molecular weight is 563 g/mol. The standard InChI is InChI=1S/C31H36F2N6O2/c1-3-35-17(2)30-38-14-27(39-30)20-4-6-23-21(9-20)16-40-28-11-24-19(10-25(23)28)5-7-26(34)29(24)37-13-22-8-18(12-36-22)15-41-31(32)33/h4-7,9-11,14,17-18,22,31,35-37H,3,8,12-13,15-16,34H2,1-2H3,(H,38,39). The number of aromatic amines is 1. The van der Waals surface area contributed by atoms with E-state index in [1.165, 1.54) is 0 Å². The van der Waals surface area contributed by atoms with E-state index in [2.05, 4.69) is 74.8 Å². The number of nitrogens with two attached hydrogens (primary N) is 1. The van der Waals surface area contributed by atoms with Gasteiger partial charge in [-0.2, -0.15) is 8.78 Å². The first-order valence-corrected chi connectivity index (χ1v) is 14.2. The van der Waals surface area contributed by atoms with Crippen LogP contribution in [0.1, 0.15) is 37.7 Å². The zero-order chi connectivity index (χ0) is 28.5. The van der Waals surface area contributed by atoms with Crippen molar-refractivity contribution in [2.24, 2.45) is 5.92 Å². The highest BCUT2D eigenvalue weighted by molar-refractivity contribution is 6.03. The number of rotatable bonds is 10. The second-order valence-corrected chi connectivity index (χ2v) is 10.9. The number of nitrogens with one attached hydrogen (secondary N) is 4. The fourth-order valence-corrected chi connectivity index (χ4v) is 5.92. The first-order valence-electron chi connectivity index (χ1n) is 14.2. The van der Waals surface area contributed by atoms with Crippen LogP contribution in [0, 0.1) is 5.92 Å². The lowest BCUT2D eigenvalue weighted by molar-refractivity contribution is -0.136. The number of imidazole rings is 1. The van der Waals surface area contributed by atoms with Gasteiger partial charge in [-0.1, -0.05) is 25.1 Å². The highest BCUT2D eigenvalue weighted by Gasteiger charge is 2.26. The monoisotopic (exact) mass is 562 g/mol. The lowest BCUT2D eigenvalue weighted by Crippen LogP contribution is -2.29. The molecule has 2 aliphatic heterocycles. The topological polar surface area (TPSA) is 109 Å². The molecule has 10 heteroatoms. The van der Waals surface area contributed by atoms with E-state index >= 15 is 0 Å². The number of ether oxygens (including phenoxy) is 2. The summed E-state index contributed by atoms with van der Waals surface area (Å²) in [7, 11) is 0. The van der Waals surface area contributed by atoms with Crippen LogP contribution in [0.2, 0.25) is 0 Å². The van der Waals surface area contributed by atoms with Crippen molar-refractivity contribution in [3.63, 3.8) is 0 Å². The third-order valence-electron chi connectivity index (χ3n) is 8.05. The molecule has 0 aliphatic carbocycles. The van der Waals surface area contributed by atoms with Crippen LogP contribution in [0.4, 0.5) is 20.2 Å². The zero-order valence-electron chi connectivity index (χ0n) is 23.3. The molecule has 216 valence electrons. The summed E-state index contributed by atoms with van der Waals surface area (Å²) in [5, 5.41) is 12.3. The second kappa shape index (κ2) is 11.6. The number of hydrogen-bond acceptors (Lipinski definition) is 7. The molecular formula is C31H36F2N6O2. The Labute approximate surface area is 238 Å². The molecule has 3 atom stereocenters. The second-order valence-electron chi connectivity index (χ2n) is 10.9. The van der Waals surface area contributed by atoms with E-state index in [0.717, 1.165) is 68.9 Å². The number of nitrogen functional groups attached to an aromatic ring is 1. The maximum absolute atomic E-state index is 12.4. The maximum Gasteiger partial charge on any atom is 0.345 e. The smallest absolute Gasteiger partial charge is 0.345 e.